The second-order valence-electron chi connectivity index (χ2n) is 2.32. The summed E-state index contributed by atoms with van der Waals surface area (Å²) in [6.45, 7) is 2.87. The van der Waals surface area contributed by atoms with Gasteiger partial charge in [-0.05, 0) is 13.0 Å². The molecule has 0 aliphatic heterocycles. The molecule has 2 aromatic heterocycles. The van der Waals surface area contributed by atoms with Crippen molar-refractivity contribution in [2.75, 3.05) is 11.9 Å². The Morgan fingerprint density at radius 2 is 2.58 bits per heavy atom. The summed E-state index contributed by atoms with van der Waals surface area (Å²) in [6.07, 6.45) is 4.29. The Bertz CT molecular complexity index is 380. The molecule has 0 aliphatic rings. The topological polar surface area (TPSA) is 55.1 Å². The summed E-state index contributed by atoms with van der Waals surface area (Å²) >= 11 is 0. The predicted octanol–water partition coefficient (Wildman–Crippen LogP) is 0.356. The molecule has 0 bridgehead atoms. The molecule has 0 fully saturated rings. The Morgan fingerprint density at radius 3 is 3.42 bits per heavy atom. The molecule has 12 heavy (non-hydrogen) atoms. The van der Waals surface area contributed by atoms with Crippen molar-refractivity contribution in [2.45, 2.75) is 6.92 Å². The third-order valence-electron chi connectivity index (χ3n) is 1.51. The van der Waals surface area contributed by atoms with Crippen LogP contribution in [0.4, 0.5) is 5.69 Å². The van der Waals surface area contributed by atoms with Crippen LogP contribution in [0.15, 0.2) is 12.4 Å². The zero-order chi connectivity index (χ0) is 8.39. The molecule has 0 saturated carbocycles. The largest absolute Gasteiger partial charge is 0.382 e. The SMILES string of the molecule is CCNc1c[c]nn2cnnc12. The summed E-state index contributed by atoms with van der Waals surface area (Å²) in [5.74, 6) is 0. The van der Waals surface area contributed by atoms with Crippen LogP contribution in [0, 0.1) is 6.20 Å². The molecular formula is C7H8N5. The van der Waals surface area contributed by atoms with Crippen LogP contribution >= 0.6 is 0 Å². The summed E-state index contributed by atoms with van der Waals surface area (Å²) in [5, 5.41) is 14.7. The van der Waals surface area contributed by atoms with E-state index in [4.69, 9.17) is 0 Å². The van der Waals surface area contributed by atoms with Crippen molar-refractivity contribution in [3.63, 3.8) is 0 Å². The lowest BCUT2D eigenvalue weighted by atomic mass is 10.4. The highest BCUT2D eigenvalue weighted by molar-refractivity contribution is 5.65. The summed E-state index contributed by atoms with van der Waals surface area (Å²) in [7, 11) is 0. The molecule has 0 aromatic carbocycles. The molecule has 2 rings (SSSR count). The fourth-order valence-electron chi connectivity index (χ4n) is 1.02. The maximum absolute atomic E-state index is 3.91. The predicted molar refractivity (Wildman–Crippen MR) is 43.8 cm³/mol. The number of nitrogens with zero attached hydrogens (tertiary/aromatic N) is 4. The molecule has 0 spiro atoms. The van der Waals surface area contributed by atoms with Crippen molar-refractivity contribution in [2.24, 2.45) is 0 Å². The van der Waals surface area contributed by atoms with Crippen molar-refractivity contribution < 1.29 is 0 Å². The molecule has 5 nitrogen and oxygen atoms in total. The fourth-order valence-corrected chi connectivity index (χ4v) is 1.02. The quantitative estimate of drug-likeness (QED) is 0.692. The molecular weight excluding hydrogens is 154 g/mol. The number of hydrogen-bond acceptors (Lipinski definition) is 4. The number of fused-ring (bicyclic) bond motifs is 1. The van der Waals surface area contributed by atoms with Gasteiger partial charge >= 0.3 is 0 Å². The highest BCUT2D eigenvalue weighted by Gasteiger charge is 2.01. The molecule has 5 heteroatoms. The highest BCUT2D eigenvalue weighted by Crippen LogP contribution is 2.10. The Labute approximate surface area is 69.4 Å². The number of anilines is 1. The standard InChI is InChI=1S/C7H8N5/c1-2-8-6-3-4-10-12-5-9-11-7(6)12/h3,5,8H,2H2,1H3. The molecule has 0 atom stereocenters. The number of nitrogens with one attached hydrogen (secondary N) is 1. The summed E-state index contributed by atoms with van der Waals surface area (Å²) in [5.41, 5.74) is 1.64. The van der Waals surface area contributed by atoms with Crippen LogP contribution in [-0.4, -0.2) is 26.4 Å². The van der Waals surface area contributed by atoms with Crippen molar-refractivity contribution in [1.82, 2.24) is 19.8 Å². The molecule has 0 aliphatic carbocycles. The van der Waals surface area contributed by atoms with Gasteiger partial charge in [-0.3, -0.25) is 0 Å². The fraction of sp³-hybridized carbons (Fsp3) is 0.286. The molecule has 0 amide bonds. The maximum Gasteiger partial charge on any atom is 0.200 e. The smallest absolute Gasteiger partial charge is 0.200 e. The van der Waals surface area contributed by atoms with E-state index in [2.05, 4.69) is 26.8 Å². The van der Waals surface area contributed by atoms with Gasteiger partial charge in [-0.2, -0.15) is 9.61 Å². The van der Waals surface area contributed by atoms with Gasteiger partial charge in [0, 0.05) is 6.54 Å². The van der Waals surface area contributed by atoms with Crippen molar-refractivity contribution in [3.8, 4) is 0 Å². The first-order valence-corrected chi connectivity index (χ1v) is 3.73. The van der Waals surface area contributed by atoms with Crippen LogP contribution in [0.25, 0.3) is 5.65 Å². The van der Waals surface area contributed by atoms with Crippen LogP contribution in [0.2, 0.25) is 0 Å². The van der Waals surface area contributed by atoms with Gasteiger partial charge in [-0.1, -0.05) is 0 Å². The zero-order valence-corrected chi connectivity index (χ0v) is 6.65. The van der Waals surface area contributed by atoms with E-state index in [-0.39, 0.29) is 0 Å². The molecule has 0 unspecified atom stereocenters. The van der Waals surface area contributed by atoms with E-state index in [0.717, 1.165) is 17.9 Å². The van der Waals surface area contributed by atoms with E-state index in [1.165, 1.54) is 0 Å². The Morgan fingerprint density at radius 1 is 1.67 bits per heavy atom. The summed E-state index contributed by atoms with van der Waals surface area (Å²) in [6, 6.07) is 1.76. The van der Waals surface area contributed by atoms with Gasteiger partial charge < -0.3 is 5.32 Å². The van der Waals surface area contributed by atoms with Crippen molar-refractivity contribution in [3.05, 3.63) is 18.6 Å². The first-order chi connectivity index (χ1) is 5.92. The highest BCUT2D eigenvalue weighted by atomic mass is 15.3. The lowest BCUT2D eigenvalue weighted by Gasteiger charge is -2.01. The van der Waals surface area contributed by atoms with E-state index in [9.17, 15) is 0 Å². The van der Waals surface area contributed by atoms with Crippen LogP contribution < -0.4 is 5.32 Å². The van der Waals surface area contributed by atoms with E-state index in [0.29, 0.717) is 0 Å². The second-order valence-corrected chi connectivity index (χ2v) is 2.32. The lowest BCUT2D eigenvalue weighted by molar-refractivity contribution is 0.919. The third kappa shape index (κ3) is 0.990. The summed E-state index contributed by atoms with van der Waals surface area (Å²) in [4.78, 5) is 0. The summed E-state index contributed by atoms with van der Waals surface area (Å²) < 4.78 is 1.58. The average Bonchev–Trinajstić information content (AvgIpc) is 2.53. The van der Waals surface area contributed by atoms with Gasteiger partial charge in [-0.25, -0.2) is 0 Å². The number of rotatable bonds is 2. The second kappa shape index (κ2) is 2.77. The van der Waals surface area contributed by atoms with Crippen LogP contribution in [-0.2, 0) is 0 Å². The van der Waals surface area contributed by atoms with Crippen molar-refractivity contribution >= 4 is 11.3 Å². The van der Waals surface area contributed by atoms with Crippen molar-refractivity contribution in [1.29, 1.82) is 0 Å². The lowest BCUT2D eigenvalue weighted by Crippen LogP contribution is -2.00. The minimum Gasteiger partial charge on any atom is -0.382 e. The Balaban J connectivity index is 2.57. The molecule has 1 N–H and O–H groups in total. The first kappa shape index (κ1) is 7.02. The molecule has 2 aromatic rings. The number of hydrogen-bond donors (Lipinski definition) is 1. The first-order valence-electron chi connectivity index (χ1n) is 3.73. The van der Waals surface area contributed by atoms with E-state index < -0.39 is 0 Å². The van der Waals surface area contributed by atoms with Crippen LogP contribution in [0.5, 0.6) is 0 Å². The van der Waals surface area contributed by atoms with Crippen LogP contribution in [0.3, 0.4) is 0 Å². The minimum atomic E-state index is 0.732. The molecule has 0 saturated heterocycles. The van der Waals surface area contributed by atoms with E-state index in [1.807, 2.05) is 6.92 Å². The van der Waals surface area contributed by atoms with E-state index >= 15 is 0 Å². The third-order valence-corrected chi connectivity index (χ3v) is 1.51. The molecule has 2 heterocycles. The zero-order valence-electron chi connectivity index (χ0n) is 6.65. The van der Waals surface area contributed by atoms with Gasteiger partial charge in [0.15, 0.2) is 0 Å². The Kier molecular flexibility index (Phi) is 1.62. The van der Waals surface area contributed by atoms with Gasteiger partial charge in [0.25, 0.3) is 0 Å². The molecule has 1 radical (unpaired) electrons. The number of aromatic nitrogens is 4. The Hall–Kier alpha value is -1.65. The van der Waals surface area contributed by atoms with E-state index in [1.54, 1.807) is 16.9 Å². The van der Waals surface area contributed by atoms with Gasteiger partial charge in [0.05, 0.1) is 5.69 Å². The van der Waals surface area contributed by atoms with Gasteiger partial charge in [-0.15, -0.1) is 10.2 Å². The molecule has 61 valence electrons. The van der Waals surface area contributed by atoms with Gasteiger partial charge in [0.1, 0.15) is 12.5 Å². The van der Waals surface area contributed by atoms with Crippen LogP contribution in [0.1, 0.15) is 6.92 Å². The average molecular weight is 162 g/mol. The maximum atomic E-state index is 3.91. The van der Waals surface area contributed by atoms with Gasteiger partial charge in [0.2, 0.25) is 5.65 Å². The monoisotopic (exact) mass is 162 g/mol. The minimum absolute atomic E-state index is 0.732. The normalized spacial score (nSPS) is 10.4.